The maximum atomic E-state index is 12.1. The number of amides is 1. The Hall–Kier alpha value is -2.44. The Labute approximate surface area is 144 Å². The number of nitrogens with one attached hydrogen (secondary N) is 2. The van der Waals surface area contributed by atoms with Gasteiger partial charge in [-0.1, -0.05) is 23.7 Å². The number of pyridine rings is 1. The van der Waals surface area contributed by atoms with Gasteiger partial charge in [0.05, 0.1) is 12.1 Å². The molecule has 0 bridgehead atoms. The lowest BCUT2D eigenvalue weighted by molar-refractivity contribution is -0.141. The molecule has 1 amide bonds. The van der Waals surface area contributed by atoms with E-state index in [9.17, 15) is 14.7 Å². The van der Waals surface area contributed by atoms with Gasteiger partial charge in [0, 0.05) is 23.5 Å². The molecule has 2 rings (SSSR count). The average Bonchev–Trinajstić information content (AvgIpc) is 2.55. The van der Waals surface area contributed by atoms with Crippen molar-refractivity contribution in [3.63, 3.8) is 0 Å². The van der Waals surface area contributed by atoms with Crippen molar-refractivity contribution < 1.29 is 14.7 Å². The molecule has 6 nitrogen and oxygen atoms in total. The molecule has 24 heavy (non-hydrogen) atoms. The third-order valence-electron chi connectivity index (χ3n) is 3.42. The van der Waals surface area contributed by atoms with E-state index in [0.29, 0.717) is 16.4 Å². The first-order valence-electron chi connectivity index (χ1n) is 7.38. The van der Waals surface area contributed by atoms with Crippen LogP contribution in [0, 0.1) is 6.92 Å². The molecule has 0 aliphatic heterocycles. The first-order valence-corrected chi connectivity index (χ1v) is 7.75. The van der Waals surface area contributed by atoms with Crippen LogP contribution in [0.15, 0.2) is 42.6 Å². The topological polar surface area (TPSA) is 91.3 Å². The molecular weight excluding hydrogens is 330 g/mol. The van der Waals surface area contributed by atoms with E-state index in [-0.39, 0.29) is 13.0 Å². The Bertz CT molecular complexity index is 722. The van der Waals surface area contributed by atoms with Gasteiger partial charge in [-0.15, -0.1) is 0 Å². The van der Waals surface area contributed by atoms with E-state index in [0.717, 1.165) is 5.56 Å². The van der Waals surface area contributed by atoms with E-state index in [4.69, 9.17) is 11.6 Å². The lowest BCUT2D eigenvalue weighted by Gasteiger charge is -2.15. The summed E-state index contributed by atoms with van der Waals surface area (Å²) >= 11 is 5.91. The minimum atomic E-state index is -1.09. The molecule has 0 spiro atoms. The normalized spacial score (nSPS) is 11.8. The highest BCUT2D eigenvalue weighted by molar-refractivity contribution is 6.31. The SMILES string of the molecule is Cc1ccc(Cl)cc1NC(=O)C[C@@H](NCc1ccccn1)C(=O)O. The Balaban J connectivity index is 1.95. The van der Waals surface area contributed by atoms with Crippen LogP contribution in [0.25, 0.3) is 0 Å². The van der Waals surface area contributed by atoms with E-state index in [2.05, 4.69) is 15.6 Å². The number of hydrogen-bond acceptors (Lipinski definition) is 4. The maximum absolute atomic E-state index is 12.1. The molecule has 0 fully saturated rings. The van der Waals surface area contributed by atoms with Crippen LogP contribution in [0.2, 0.25) is 5.02 Å². The van der Waals surface area contributed by atoms with Gasteiger partial charge in [0.15, 0.2) is 0 Å². The second-order valence-corrected chi connectivity index (χ2v) is 5.74. The molecule has 1 heterocycles. The number of aliphatic carboxylic acids is 1. The molecule has 0 aliphatic rings. The summed E-state index contributed by atoms with van der Waals surface area (Å²) in [6, 6.07) is 9.50. The van der Waals surface area contributed by atoms with Crippen LogP contribution in [0.5, 0.6) is 0 Å². The molecule has 2 aromatic rings. The molecule has 1 aromatic carbocycles. The zero-order valence-electron chi connectivity index (χ0n) is 13.1. The summed E-state index contributed by atoms with van der Waals surface area (Å²) in [7, 11) is 0. The van der Waals surface area contributed by atoms with Gasteiger partial charge in [-0.3, -0.25) is 19.9 Å². The van der Waals surface area contributed by atoms with Gasteiger partial charge in [0.2, 0.25) is 5.91 Å². The highest BCUT2D eigenvalue weighted by Crippen LogP contribution is 2.20. The number of carboxylic acid groups (broad SMARTS) is 1. The first kappa shape index (κ1) is 17.9. The van der Waals surface area contributed by atoms with Gasteiger partial charge in [-0.05, 0) is 36.8 Å². The van der Waals surface area contributed by atoms with Gasteiger partial charge in [0.25, 0.3) is 0 Å². The highest BCUT2D eigenvalue weighted by Gasteiger charge is 2.21. The predicted octanol–water partition coefficient (Wildman–Crippen LogP) is 2.62. The van der Waals surface area contributed by atoms with Crippen molar-refractivity contribution in [2.75, 3.05) is 5.32 Å². The van der Waals surface area contributed by atoms with E-state index in [1.165, 1.54) is 0 Å². The number of rotatable bonds is 7. The summed E-state index contributed by atoms with van der Waals surface area (Å²) in [6.45, 7) is 2.10. The molecule has 1 aromatic heterocycles. The van der Waals surface area contributed by atoms with Crippen molar-refractivity contribution in [3.05, 3.63) is 58.9 Å². The number of benzene rings is 1. The number of carboxylic acids is 1. The van der Waals surface area contributed by atoms with Crippen LogP contribution in [-0.4, -0.2) is 28.0 Å². The summed E-state index contributed by atoms with van der Waals surface area (Å²) in [5.74, 6) is -1.50. The molecule has 0 aliphatic carbocycles. The van der Waals surface area contributed by atoms with Gasteiger partial charge in [0.1, 0.15) is 6.04 Å². The third-order valence-corrected chi connectivity index (χ3v) is 3.65. The molecule has 126 valence electrons. The predicted molar refractivity (Wildman–Crippen MR) is 91.9 cm³/mol. The van der Waals surface area contributed by atoms with Crippen LogP contribution >= 0.6 is 11.6 Å². The number of carbonyl (C=O) groups excluding carboxylic acids is 1. The van der Waals surface area contributed by atoms with Crippen molar-refractivity contribution in [1.29, 1.82) is 0 Å². The summed E-state index contributed by atoms with van der Waals surface area (Å²) in [5.41, 5.74) is 2.12. The number of hydrogen-bond donors (Lipinski definition) is 3. The first-order chi connectivity index (χ1) is 11.5. The van der Waals surface area contributed by atoms with E-state index >= 15 is 0 Å². The van der Waals surface area contributed by atoms with Gasteiger partial charge in [-0.25, -0.2) is 0 Å². The second-order valence-electron chi connectivity index (χ2n) is 5.30. The standard InChI is InChI=1S/C17H18ClN3O3/c1-11-5-6-12(18)8-14(11)21-16(22)9-15(17(23)24)20-10-13-4-2-3-7-19-13/h2-8,15,20H,9-10H2,1H3,(H,21,22)(H,23,24)/t15-/m1/s1. The molecule has 0 radical (unpaired) electrons. The number of aromatic nitrogens is 1. The van der Waals surface area contributed by atoms with Gasteiger partial charge in [-0.2, -0.15) is 0 Å². The van der Waals surface area contributed by atoms with Crippen LogP contribution in [0.1, 0.15) is 17.7 Å². The number of aryl methyl sites for hydroxylation is 1. The largest absolute Gasteiger partial charge is 0.480 e. The number of carbonyl (C=O) groups is 2. The summed E-state index contributed by atoms with van der Waals surface area (Å²) in [5, 5.41) is 15.3. The fraction of sp³-hybridized carbons (Fsp3) is 0.235. The van der Waals surface area contributed by atoms with Crippen LogP contribution in [0.3, 0.4) is 0 Å². The van der Waals surface area contributed by atoms with E-state index in [1.807, 2.05) is 13.0 Å². The fourth-order valence-corrected chi connectivity index (χ4v) is 2.26. The van der Waals surface area contributed by atoms with Gasteiger partial charge >= 0.3 is 5.97 Å². The average molecular weight is 348 g/mol. The number of anilines is 1. The lowest BCUT2D eigenvalue weighted by Crippen LogP contribution is -2.39. The summed E-state index contributed by atoms with van der Waals surface area (Å²) < 4.78 is 0. The van der Waals surface area contributed by atoms with Crippen molar-refractivity contribution in [3.8, 4) is 0 Å². The van der Waals surface area contributed by atoms with Crippen molar-refractivity contribution >= 4 is 29.2 Å². The zero-order valence-corrected chi connectivity index (χ0v) is 13.9. The van der Waals surface area contributed by atoms with E-state index < -0.39 is 17.9 Å². The molecular formula is C17H18ClN3O3. The molecule has 0 unspecified atom stereocenters. The minimum Gasteiger partial charge on any atom is -0.480 e. The molecule has 0 saturated carbocycles. The number of nitrogens with zero attached hydrogens (tertiary/aromatic N) is 1. The van der Waals surface area contributed by atoms with Crippen molar-refractivity contribution in [1.82, 2.24) is 10.3 Å². The Morgan fingerprint density at radius 3 is 2.75 bits per heavy atom. The number of halogens is 1. The molecule has 1 atom stereocenters. The summed E-state index contributed by atoms with van der Waals surface area (Å²) in [4.78, 5) is 27.6. The molecule has 0 saturated heterocycles. The maximum Gasteiger partial charge on any atom is 0.321 e. The minimum absolute atomic E-state index is 0.200. The summed E-state index contributed by atoms with van der Waals surface area (Å²) in [6.07, 6.45) is 1.43. The van der Waals surface area contributed by atoms with Crippen LogP contribution in [-0.2, 0) is 16.1 Å². The van der Waals surface area contributed by atoms with E-state index in [1.54, 1.807) is 36.5 Å². The smallest absolute Gasteiger partial charge is 0.321 e. The molecule has 7 heteroatoms. The van der Waals surface area contributed by atoms with Crippen molar-refractivity contribution in [2.45, 2.75) is 25.9 Å². The van der Waals surface area contributed by atoms with Gasteiger partial charge < -0.3 is 10.4 Å². The second kappa shape index (κ2) is 8.42. The Morgan fingerprint density at radius 2 is 2.08 bits per heavy atom. The third kappa shape index (κ3) is 5.33. The Kier molecular flexibility index (Phi) is 6.28. The van der Waals surface area contributed by atoms with Crippen LogP contribution in [0.4, 0.5) is 5.69 Å². The monoisotopic (exact) mass is 347 g/mol. The van der Waals surface area contributed by atoms with Crippen molar-refractivity contribution in [2.24, 2.45) is 0 Å². The quantitative estimate of drug-likeness (QED) is 0.716. The lowest BCUT2D eigenvalue weighted by atomic mass is 10.1. The van der Waals surface area contributed by atoms with Crippen LogP contribution < -0.4 is 10.6 Å². The highest BCUT2D eigenvalue weighted by atomic mass is 35.5. The molecule has 3 N–H and O–H groups in total. The zero-order chi connectivity index (χ0) is 17.5. The Morgan fingerprint density at radius 1 is 1.29 bits per heavy atom. The fourth-order valence-electron chi connectivity index (χ4n) is 2.09.